The van der Waals surface area contributed by atoms with Crippen LogP contribution >= 0.6 is 0 Å². The van der Waals surface area contributed by atoms with Crippen molar-refractivity contribution in [3.8, 4) is 0 Å². The Morgan fingerprint density at radius 1 is 0.823 bits per heavy atom. The molecule has 62 heavy (non-hydrogen) atoms. The second kappa shape index (κ2) is 24.4. The summed E-state index contributed by atoms with van der Waals surface area (Å²) in [4.78, 5) is 75.9. The minimum absolute atomic E-state index is 0.00555. The number of ether oxygens (including phenoxy) is 2. The van der Waals surface area contributed by atoms with Gasteiger partial charge in [0.2, 0.25) is 29.5 Å². The minimum Gasteiger partial charge on any atom is -0.399 e. The highest BCUT2D eigenvalue weighted by molar-refractivity contribution is 5.98. The maximum atomic E-state index is 14.4. The van der Waals surface area contributed by atoms with Gasteiger partial charge >= 0.3 is 0 Å². The number of anilines is 2. The number of amides is 5. The largest absolute Gasteiger partial charge is 0.399 e. The maximum Gasteiger partial charge on any atom is 0.247 e. The third-order valence-electron chi connectivity index (χ3n) is 12.7. The second-order valence-corrected chi connectivity index (χ2v) is 18.1. The molecule has 9 atom stereocenters. The molecular formula is C48H77N7O7. The number of nitrogens with zero attached hydrogens (tertiary/aromatic N) is 3. The molecule has 0 aromatic heterocycles. The van der Waals surface area contributed by atoms with Gasteiger partial charge in [0.15, 0.2) is 0 Å². The van der Waals surface area contributed by atoms with E-state index in [0.29, 0.717) is 24.3 Å². The molecule has 1 aliphatic rings. The molecule has 14 nitrogen and oxygen atoms in total. The van der Waals surface area contributed by atoms with Crippen molar-refractivity contribution in [2.45, 2.75) is 143 Å². The number of likely N-dealkylation sites (tertiary alicyclic amines) is 1. The van der Waals surface area contributed by atoms with E-state index in [9.17, 15) is 24.0 Å². The molecule has 346 valence electrons. The number of carbonyl (C=O) groups excluding carboxylic acids is 5. The molecule has 2 aromatic carbocycles. The number of hydrogen-bond donors (Lipinski definition) is 4. The van der Waals surface area contributed by atoms with E-state index >= 15 is 0 Å². The molecule has 8 unspecified atom stereocenters. The number of nitrogens with one attached hydrogen (secondary N) is 3. The number of benzene rings is 2. The van der Waals surface area contributed by atoms with Gasteiger partial charge in [-0.15, -0.1) is 0 Å². The Kier molecular flexibility index (Phi) is 20.4. The van der Waals surface area contributed by atoms with Crippen LogP contribution in [0.1, 0.15) is 93.6 Å². The highest BCUT2D eigenvalue weighted by Gasteiger charge is 2.43. The number of hydrogen-bond acceptors (Lipinski definition) is 9. The number of rotatable bonds is 23. The van der Waals surface area contributed by atoms with Crippen LogP contribution in [-0.2, 0) is 39.9 Å². The van der Waals surface area contributed by atoms with Crippen LogP contribution in [0.25, 0.3) is 0 Å². The zero-order valence-corrected chi connectivity index (χ0v) is 39.6. The molecular weight excluding hydrogens is 787 g/mol. The van der Waals surface area contributed by atoms with E-state index in [4.69, 9.17) is 15.2 Å². The van der Waals surface area contributed by atoms with Crippen molar-refractivity contribution in [3.63, 3.8) is 0 Å². The third kappa shape index (κ3) is 13.7. The molecule has 2 aromatic rings. The van der Waals surface area contributed by atoms with Crippen LogP contribution in [0.2, 0.25) is 0 Å². The number of nitrogens with two attached hydrogens (primary N) is 1. The monoisotopic (exact) mass is 864 g/mol. The van der Waals surface area contributed by atoms with Crippen molar-refractivity contribution >= 4 is 40.9 Å². The summed E-state index contributed by atoms with van der Waals surface area (Å²) >= 11 is 0. The van der Waals surface area contributed by atoms with Crippen LogP contribution in [0.5, 0.6) is 0 Å². The van der Waals surface area contributed by atoms with Crippen LogP contribution in [0, 0.1) is 23.7 Å². The first kappa shape index (κ1) is 51.8. The fourth-order valence-electron chi connectivity index (χ4n) is 8.71. The SMILES string of the molecule is CCC(C)C(C(CC(=O)N1CCCC1C(OC)C(C)C(=O)NC(Cc1ccccc1)C(=O)Nc1ccc(N)cc1)OC)N(C)C(=O)[C@@H](NC(=O)C(C(C)C)N(C)C(C)C)C(C)C. The molecule has 5 amide bonds. The van der Waals surface area contributed by atoms with Crippen molar-refractivity contribution in [2.24, 2.45) is 23.7 Å². The molecule has 0 radical (unpaired) electrons. The molecule has 0 saturated carbocycles. The summed E-state index contributed by atoms with van der Waals surface area (Å²) in [5.74, 6) is -2.32. The van der Waals surface area contributed by atoms with Crippen molar-refractivity contribution in [3.05, 3.63) is 60.2 Å². The molecule has 1 aliphatic heterocycles. The zero-order chi connectivity index (χ0) is 46.4. The quantitative estimate of drug-likeness (QED) is 0.107. The van der Waals surface area contributed by atoms with Gasteiger partial charge in [-0.3, -0.25) is 28.9 Å². The van der Waals surface area contributed by atoms with Crippen LogP contribution in [0.3, 0.4) is 0 Å². The normalized spacial score (nSPS) is 18.1. The van der Waals surface area contributed by atoms with Crippen molar-refractivity contribution < 1.29 is 33.4 Å². The zero-order valence-electron chi connectivity index (χ0n) is 39.6. The smallest absolute Gasteiger partial charge is 0.247 e. The minimum atomic E-state index is -0.898. The maximum absolute atomic E-state index is 14.4. The number of carbonyl (C=O) groups is 5. The first-order chi connectivity index (χ1) is 29.3. The molecule has 3 rings (SSSR count). The standard InChI is InChI=1S/C48H77N7O7/c1-14-32(8)43(54(11)48(60)41(29(2)3)52-47(59)42(30(4)5)53(10)31(6)7)39(61-12)28-40(56)55-26-18-21-38(55)44(62-13)33(9)45(57)51-37(27-34-19-16-15-17-20-34)46(58)50-36-24-22-35(49)23-25-36/h15-17,19-20,22-25,29-33,37-39,41-44H,14,18,21,26-28,49H2,1-13H3,(H,50,58)(H,51,57)(H,52,59)/t32?,33?,37?,38?,39?,41-,42?,43?,44?/m0/s1. The first-order valence-corrected chi connectivity index (χ1v) is 22.4. The Bertz CT molecular complexity index is 1740. The third-order valence-corrected chi connectivity index (χ3v) is 12.7. The number of methoxy groups -OCH3 is 2. The first-order valence-electron chi connectivity index (χ1n) is 22.4. The average molecular weight is 864 g/mol. The van der Waals surface area contributed by atoms with Gasteiger partial charge in [0.25, 0.3) is 0 Å². The molecule has 1 fully saturated rings. The molecule has 5 N–H and O–H groups in total. The van der Waals surface area contributed by atoms with Gasteiger partial charge in [-0.05, 0) is 81.3 Å². The highest BCUT2D eigenvalue weighted by Crippen LogP contribution is 2.30. The van der Waals surface area contributed by atoms with Crippen molar-refractivity contribution in [2.75, 3.05) is 45.9 Å². The Labute approximate surface area is 371 Å². The molecule has 14 heteroatoms. The van der Waals surface area contributed by atoms with E-state index in [1.165, 1.54) is 7.11 Å². The Hall–Kier alpha value is -4.53. The van der Waals surface area contributed by atoms with E-state index in [1.807, 2.05) is 97.7 Å². The summed E-state index contributed by atoms with van der Waals surface area (Å²) in [5, 5.41) is 8.98. The molecule has 0 spiro atoms. The summed E-state index contributed by atoms with van der Waals surface area (Å²) in [5.41, 5.74) is 7.84. The van der Waals surface area contributed by atoms with E-state index in [2.05, 4.69) is 16.0 Å². The summed E-state index contributed by atoms with van der Waals surface area (Å²) in [6, 6.07) is 13.4. The lowest BCUT2D eigenvalue weighted by atomic mass is 9.89. The summed E-state index contributed by atoms with van der Waals surface area (Å²) in [6.45, 7) is 18.2. The van der Waals surface area contributed by atoms with Gasteiger partial charge in [0, 0.05) is 51.6 Å². The Morgan fingerprint density at radius 2 is 1.45 bits per heavy atom. The lowest BCUT2D eigenvalue weighted by molar-refractivity contribution is -0.148. The molecule has 0 bridgehead atoms. The van der Waals surface area contributed by atoms with Crippen LogP contribution in [0.15, 0.2) is 54.6 Å². The number of likely N-dealkylation sites (N-methyl/N-ethyl adjacent to an activating group) is 2. The summed E-state index contributed by atoms with van der Waals surface area (Å²) < 4.78 is 12.1. The second-order valence-electron chi connectivity index (χ2n) is 18.1. The van der Waals surface area contributed by atoms with E-state index in [0.717, 1.165) is 18.4 Å². The molecule has 0 aliphatic carbocycles. The van der Waals surface area contributed by atoms with Crippen molar-refractivity contribution in [1.82, 2.24) is 25.3 Å². The van der Waals surface area contributed by atoms with Crippen LogP contribution < -0.4 is 21.7 Å². The van der Waals surface area contributed by atoms with Gasteiger partial charge in [0.1, 0.15) is 12.1 Å². The average Bonchev–Trinajstić information content (AvgIpc) is 3.72. The van der Waals surface area contributed by atoms with Gasteiger partial charge in [-0.2, -0.15) is 0 Å². The fraction of sp³-hybridized carbons (Fsp3) is 0.646. The predicted octanol–water partition coefficient (Wildman–Crippen LogP) is 5.36. The van der Waals surface area contributed by atoms with Crippen LogP contribution in [-0.4, -0.2) is 128 Å². The highest BCUT2D eigenvalue weighted by atomic mass is 16.5. The van der Waals surface area contributed by atoms with Gasteiger partial charge in [-0.1, -0.05) is 85.2 Å². The molecule has 1 heterocycles. The lowest BCUT2D eigenvalue weighted by Gasteiger charge is -2.41. The fourth-order valence-corrected chi connectivity index (χ4v) is 8.71. The predicted molar refractivity (Wildman–Crippen MR) is 246 cm³/mol. The summed E-state index contributed by atoms with van der Waals surface area (Å²) in [6.07, 6.45) is 0.982. The Morgan fingerprint density at radius 3 is 1.98 bits per heavy atom. The van der Waals surface area contributed by atoms with Gasteiger partial charge in [0.05, 0.1) is 42.7 Å². The Balaban J connectivity index is 1.82. The summed E-state index contributed by atoms with van der Waals surface area (Å²) in [7, 11) is 6.76. The van der Waals surface area contributed by atoms with Gasteiger partial charge in [-0.25, -0.2) is 0 Å². The van der Waals surface area contributed by atoms with E-state index in [-0.39, 0.29) is 66.2 Å². The van der Waals surface area contributed by atoms with E-state index < -0.39 is 48.3 Å². The van der Waals surface area contributed by atoms with Crippen molar-refractivity contribution in [1.29, 1.82) is 0 Å². The van der Waals surface area contributed by atoms with Gasteiger partial charge < -0.3 is 41.0 Å². The lowest BCUT2D eigenvalue weighted by Crippen LogP contribution is -2.60. The number of nitrogen functional groups attached to an aromatic ring is 1. The molecule has 1 saturated heterocycles. The van der Waals surface area contributed by atoms with Crippen LogP contribution in [0.4, 0.5) is 11.4 Å². The van der Waals surface area contributed by atoms with E-state index in [1.54, 1.807) is 55.1 Å². The topological polar surface area (TPSA) is 176 Å².